The van der Waals surface area contributed by atoms with Crippen LogP contribution in [-0.2, 0) is 4.79 Å². The highest BCUT2D eigenvalue weighted by atomic mass is 16.2. The minimum Gasteiger partial charge on any atom is -0.356 e. The lowest BCUT2D eigenvalue weighted by atomic mass is 9.85. The van der Waals surface area contributed by atoms with Crippen LogP contribution in [0.1, 0.15) is 44.1 Å². The Hall–Kier alpha value is -2.64. The Bertz CT molecular complexity index is 799. The van der Waals surface area contributed by atoms with E-state index >= 15 is 0 Å². The van der Waals surface area contributed by atoms with Crippen LogP contribution in [-0.4, -0.2) is 83.3 Å². The zero-order chi connectivity index (χ0) is 21.3. The Kier molecular flexibility index (Phi) is 5.82. The van der Waals surface area contributed by atoms with Gasteiger partial charge < -0.3 is 14.7 Å². The molecule has 2 saturated heterocycles. The van der Waals surface area contributed by atoms with Gasteiger partial charge in [-0.3, -0.25) is 14.5 Å². The second kappa shape index (κ2) is 8.00. The standard InChI is InChI=1S/C21H31N5O3/c1-6-25-19(28)21(26(20(25)29)14-15(2)3)10-12-24(13-11-21)17-9-7-8-16(22-17)18(27)23(4)5/h7-9,15H,6,10-14H2,1-5H3. The first-order valence-electron chi connectivity index (χ1n) is 10.3. The van der Waals surface area contributed by atoms with Gasteiger partial charge in [-0.2, -0.15) is 0 Å². The van der Waals surface area contributed by atoms with Gasteiger partial charge in [0.2, 0.25) is 0 Å². The van der Waals surface area contributed by atoms with Crippen LogP contribution in [0.2, 0.25) is 0 Å². The van der Waals surface area contributed by atoms with Gasteiger partial charge in [-0.1, -0.05) is 19.9 Å². The molecule has 2 aliphatic heterocycles. The third-order valence-electron chi connectivity index (χ3n) is 5.76. The number of nitrogens with zero attached hydrogens (tertiary/aromatic N) is 5. The molecule has 0 N–H and O–H groups in total. The van der Waals surface area contributed by atoms with Crippen molar-refractivity contribution in [3.8, 4) is 0 Å². The van der Waals surface area contributed by atoms with E-state index in [0.717, 1.165) is 5.82 Å². The summed E-state index contributed by atoms with van der Waals surface area (Å²) in [5.41, 5.74) is -0.358. The molecule has 0 bridgehead atoms. The first-order chi connectivity index (χ1) is 13.7. The third-order valence-corrected chi connectivity index (χ3v) is 5.76. The number of anilines is 1. The van der Waals surface area contributed by atoms with Gasteiger partial charge in [0.1, 0.15) is 17.1 Å². The maximum absolute atomic E-state index is 13.2. The van der Waals surface area contributed by atoms with E-state index in [9.17, 15) is 14.4 Å². The molecule has 8 heteroatoms. The van der Waals surface area contributed by atoms with E-state index in [2.05, 4.69) is 23.7 Å². The molecule has 158 valence electrons. The SMILES string of the molecule is CCN1C(=O)N(CC(C)C)C2(CCN(c3cccc(C(=O)N(C)C)n3)CC2)C1=O. The van der Waals surface area contributed by atoms with E-state index in [1.165, 1.54) is 9.80 Å². The number of hydrogen-bond acceptors (Lipinski definition) is 5. The maximum atomic E-state index is 13.2. The number of piperidine rings is 1. The number of imide groups is 1. The van der Waals surface area contributed by atoms with Gasteiger partial charge in [-0.05, 0) is 37.8 Å². The molecule has 2 aliphatic rings. The minimum atomic E-state index is -0.759. The molecule has 1 aromatic rings. The van der Waals surface area contributed by atoms with Crippen molar-refractivity contribution in [3.05, 3.63) is 23.9 Å². The van der Waals surface area contributed by atoms with Gasteiger partial charge in [0.15, 0.2) is 0 Å². The number of amides is 4. The monoisotopic (exact) mass is 401 g/mol. The van der Waals surface area contributed by atoms with E-state index in [-0.39, 0.29) is 23.8 Å². The van der Waals surface area contributed by atoms with Crippen LogP contribution in [0.15, 0.2) is 18.2 Å². The lowest BCUT2D eigenvalue weighted by molar-refractivity contribution is -0.134. The van der Waals surface area contributed by atoms with Gasteiger partial charge in [-0.25, -0.2) is 9.78 Å². The van der Waals surface area contributed by atoms with Gasteiger partial charge in [0.25, 0.3) is 11.8 Å². The van der Waals surface area contributed by atoms with Crippen molar-refractivity contribution in [2.24, 2.45) is 5.92 Å². The molecule has 8 nitrogen and oxygen atoms in total. The Morgan fingerprint density at radius 2 is 1.86 bits per heavy atom. The molecule has 4 amide bonds. The zero-order valence-corrected chi connectivity index (χ0v) is 18.0. The quantitative estimate of drug-likeness (QED) is 0.706. The Morgan fingerprint density at radius 3 is 2.41 bits per heavy atom. The van der Waals surface area contributed by atoms with Crippen LogP contribution >= 0.6 is 0 Å². The Labute approximate surface area is 172 Å². The molecule has 0 radical (unpaired) electrons. The maximum Gasteiger partial charge on any atom is 0.327 e. The van der Waals surface area contributed by atoms with Crippen LogP contribution in [0.25, 0.3) is 0 Å². The summed E-state index contributed by atoms with van der Waals surface area (Å²) in [7, 11) is 3.40. The number of carbonyl (C=O) groups is 3. The number of hydrogen-bond donors (Lipinski definition) is 0. The highest BCUT2D eigenvalue weighted by molar-refractivity contribution is 6.07. The lowest BCUT2D eigenvalue weighted by Crippen LogP contribution is -2.57. The number of aromatic nitrogens is 1. The molecule has 2 fully saturated rings. The number of likely N-dealkylation sites (N-methyl/N-ethyl adjacent to an activating group) is 1. The molecule has 0 aromatic carbocycles. The molecule has 0 aliphatic carbocycles. The van der Waals surface area contributed by atoms with Crippen molar-refractivity contribution in [2.75, 3.05) is 45.2 Å². The normalized spacial score (nSPS) is 18.9. The van der Waals surface area contributed by atoms with Crippen molar-refractivity contribution in [3.63, 3.8) is 0 Å². The van der Waals surface area contributed by atoms with E-state index in [1.54, 1.807) is 25.1 Å². The lowest BCUT2D eigenvalue weighted by Gasteiger charge is -2.43. The fraction of sp³-hybridized carbons (Fsp3) is 0.619. The second-order valence-corrected chi connectivity index (χ2v) is 8.44. The van der Waals surface area contributed by atoms with Crippen molar-refractivity contribution in [2.45, 2.75) is 39.2 Å². The third kappa shape index (κ3) is 3.68. The van der Waals surface area contributed by atoms with Crippen LogP contribution in [0.4, 0.5) is 10.6 Å². The topological polar surface area (TPSA) is 77.1 Å². The van der Waals surface area contributed by atoms with Crippen LogP contribution < -0.4 is 4.90 Å². The summed E-state index contributed by atoms with van der Waals surface area (Å²) in [4.78, 5) is 49.5. The Morgan fingerprint density at radius 1 is 1.21 bits per heavy atom. The molecule has 0 unspecified atom stereocenters. The fourth-order valence-electron chi connectivity index (χ4n) is 4.22. The van der Waals surface area contributed by atoms with Crippen LogP contribution in [0.5, 0.6) is 0 Å². The number of carbonyl (C=O) groups excluding carboxylic acids is 3. The van der Waals surface area contributed by atoms with E-state index in [4.69, 9.17) is 0 Å². The second-order valence-electron chi connectivity index (χ2n) is 8.44. The summed E-state index contributed by atoms with van der Waals surface area (Å²) in [6.07, 6.45) is 1.13. The van der Waals surface area contributed by atoms with Gasteiger partial charge in [-0.15, -0.1) is 0 Å². The molecule has 0 saturated carbocycles. The average Bonchev–Trinajstić information content (AvgIpc) is 2.88. The summed E-state index contributed by atoms with van der Waals surface area (Å²) >= 11 is 0. The van der Waals surface area contributed by atoms with Gasteiger partial charge >= 0.3 is 6.03 Å². The summed E-state index contributed by atoms with van der Waals surface area (Å²) in [6.45, 7) is 8.16. The number of rotatable bonds is 5. The predicted molar refractivity (Wildman–Crippen MR) is 111 cm³/mol. The van der Waals surface area contributed by atoms with Crippen LogP contribution in [0, 0.1) is 5.92 Å². The van der Waals surface area contributed by atoms with Crippen LogP contribution in [0.3, 0.4) is 0 Å². The Balaban J connectivity index is 1.81. The predicted octanol–water partition coefficient (Wildman–Crippen LogP) is 2.06. The molecular weight excluding hydrogens is 370 g/mol. The van der Waals surface area contributed by atoms with Gasteiger partial charge in [0, 0.05) is 40.3 Å². The number of pyridine rings is 1. The first kappa shape index (κ1) is 21.1. The molecule has 29 heavy (non-hydrogen) atoms. The summed E-state index contributed by atoms with van der Waals surface area (Å²) in [5.74, 6) is 0.800. The van der Waals surface area contributed by atoms with Crippen molar-refractivity contribution >= 4 is 23.7 Å². The van der Waals surface area contributed by atoms with E-state index < -0.39 is 5.54 Å². The summed E-state index contributed by atoms with van der Waals surface area (Å²) in [5, 5.41) is 0. The molecule has 1 aromatic heterocycles. The summed E-state index contributed by atoms with van der Waals surface area (Å²) < 4.78 is 0. The van der Waals surface area contributed by atoms with Crippen molar-refractivity contribution in [1.29, 1.82) is 0 Å². The summed E-state index contributed by atoms with van der Waals surface area (Å²) in [6, 6.07) is 5.25. The smallest absolute Gasteiger partial charge is 0.327 e. The van der Waals surface area contributed by atoms with Gasteiger partial charge in [0.05, 0.1) is 0 Å². The highest BCUT2D eigenvalue weighted by Gasteiger charge is 2.57. The highest BCUT2D eigenvalue weighted by Crippen LogP contribution is 2.38. The number of urea groups is 1. The average molecular weight is 402 g/mol. The molecular formula is C21H31N5O3. The fourth-order valence-corrected chi connectivity index (χ4v) is 4.22. The molecule has 3 heterocycles. The van der Waals surface area contributed by atoms with Crippen molar-refractivity contribution in [1.82, 2.24) is 19.7 Å². The van der Waals surface area contributed by atoms with Crippen molar-refractivity contribution < 1.29 is 14.4 Å². The molecule has 3 rings (SSSR count). The zero-order valence-electron chi connectivity index (χ0n) is 18.0. The molecule has 0 atom stereocenters. The largest absolute Gasteiger partial charge is 0.356 e. The first-order valence-corrected chi connectivity index (χ1v) is 10.3. The van der Waals surface area contributed by atoms with E-state index in [1.807, 2.05) is 19.1 Å². The minimum absolute atomic E-state index is 0.0743. The molecule has 1 spiro atoms. The van der Waals surface area contributed by atoms with E-state index in [0.29, 0.717) is 44.7 Å².